The molecule has 4 nitrogen and oxygen atoms in total. The quantitative estimate of drug-likeness (QED) is 0.751. The highest BCUT2D eigenvalue weighted by molar-refractivity contribution is 5.90. The molecule has 0 radical (unpaired) electrons. The largest absolute Gasteiger partial charge is 0.508 e. The standard InChI is InChI=1S/C19H19NO3/c1-13-16(11-19(22)23-2)17-10-15(21)8-9-18(17)20(13)12-14-6-4-3-5-7-14/h3-10,21H,11-12H2,1-2H3. The monoisotopic (exact) mass is 309 g/mol. The molecule has 1 heterocycles. The van der Waals surface area contributed by atoms with Crippen LogP contribution in [0.5, 0.6) is 5.75 Å². The van der Waals surface area contributed by atoms with Gasteiger partial charge >= 0.3 is 5.97 Å². The van der Waals surface area contributed by atoms with E-state index in [4.69, 9.17) is 4.74 Å². The fourth-order valence-corrected chi connectivity index (χ4v) is 2.95. The van der Waals surface area contributed by atoms with Crippen LogP contribution in [-0.2, 0) is 22.5 Å². The highest BCUT2D eigenvalue weighted by Gasteiger charge is 2.17. The van der Waals surface area contributed by atoms with Gasteiger partial charge in [0.2, 0.25) is 0 Å². The molecule has 0 saturated carbocycles. The van der Waals surface area contributed by atoms with Crippen molar-refractivity contribution < 1.29 is 14.6 Å². The first-order valence-corrected chi connectivity index (χ1v) is 7.51. The third-order valence-electron chi connectivity index (χ3n) is 4.17. The Morgan fingerprint density at radius 3 is 2.61 bits per heavy atom. The second-order valence-corrected chi connectivity index (χ2v) is 5.59. The van der Waals surface area contributed by atoms with E-state index in [1.54, 1.807) is 12.1 Å². The molecule has 23 heavy (non-hydrogen) atoms. The van der Waals surface area contributed by atoms with Crippen molar-refractivity contribution in [3.8, 4) is 5.75 Å². The molecule has 1 aromatic heterocycles. The van der Waals surface area contributed by atoms with Gasteiger partial charge in [0, 0.05) is 23.1 Å². The second-order valence-electron chi connectivity index (χ2n) is 5.59. The van der Waals surface area contributed by atoms with Gasteiger partial charge in [-0.2, -0.15) is 0 Å². The molecule has 0 aliphatic rings. The number of nitrogens with zero attached hydrogens (tertiary/aromatic N) is 1. The summed E-state index contributed by atoms with van der Waals surface area (Å²) in [6.45, 7) is 2.72. The molecule has 1 N–H and O–H groups in total. The summed E-state index contributed by atoms with van der Waals surface area (Å²) < 4.78 is 6.97. The maximum absolute atomic E-state index is 11.7. The zero-order chi connectivity index (χ0) is 16.4. The van der Waals surface area contributed by atoms with Crippen LogP contribution in [-0.4, -0.2) is 22.8 Å². The molecule has 0 saturated heterocycles. The van der Waals surface area contributed by atoms with Gasteiger partial charge in [0.05, 0.1) is 13.5 Å². The van der Waals surface area contributed by atoms with E-state index in [9.17, 15) is 9.90 Å². The fraction of sp³-hybridized carbons (Fsp3) is 0.211. The zero-order valence-electron chi connectivity index (χ0n) is 13.2. The van der Waals surface area contributed by atoms with E-state index in [-0.39, 0.29) is 18.1 Å². The Bertz CT molecular complexity index is 850. The van der Waals surface area contributed by atoms with Crippen molar-refractivity contribution in [2.75, 3.05) is 7.11 Å². The van der Waals surface area contributed by atoms with Gasteiger partial charge in [-0.15, -0.1) is 0 Å². The molecule has 2 aromatic carbocycles. The molecule has 0 atom stereocenters. The number of phenolic OH excluding ortho intramolecular Hbond substituents is 1. The summed E-state index contributed by atoms with van der Waals surface area (Å²) in [5.41, 5.74) is 4.10. The van der Waals surface area contributed by atoms with E-state index >= 15 is 0 Å². The number of fused-ring (bicyclic) bond motifs is 1. The minimum Gasteiger partial charge on any atom is -0.508 e. The SMILES string of the molecule is COC(=O)Cc1c(C)n(Cc2ccccc2)c2ccc(O)cc12. The first kappa shape index (κ1) is 15.2. The van der Waals surface area contributed by atoms with Gasteiger partial charge in [0.15, 0.2) is 0 Å². The Labute approximate surface area is 134 Å². The summed E-state index contributed by atoms with van der Waals surface area (Å²) >= 11 is 0. The third kappa shape index (κ3) is 2.93. The second kappa shape index (κ2) is 6.16. The van der Waals surface area contributed by atoms with Crippen molar-refractivity contribution in [2.45, 2.75) is 19.9 Å². The number of carbonyl (C=O) groups is 1. The van der Waals surface area contributed by atoms with Crippen molar-refractivity contribution in [1.29, 1.82) is 0 Å². The van der Waals surface area contributed by atoms with Gasteiger partial charge in [0.25, 0.3) is 0 Å². The molecule has 0 aliphatic carbocycles. The topological polar surface area (TPSA) is 51.5 Å². The van der Waals surface area contributed by atoms with Gasteiger partial charge in [0.1, 0.15) is 5.75 Å². The Balaban J connectivity index is 2.13. The van der Waals surface area contributed by atoms with E-state index in [0.717, 1.165) is 28.7 Å². The van der Waals surface area contributed by atoms with Crippen LogP contribution in [0.2, 0.25) is 0 Å². The average Bonchev–Trinajstić information content (AvgIpc) is 2.81. The Kier molecular flexibility index (Phi) is 4.06. The van der Waals surface area contributed by atoms with E-state index in [1.165, 1.54) is 12.7 Å². The maximum atomic E-state index is 11.7. The molecule has 4 heteroatoms. The van der Waals surface area contributed by atoms with Gasteiger partial charge in [-0.05, 0) is 36.2 Å². The highest BCUT2D eigenvalue weighted by atomic mass is 16.5. The van der Waals surface area contributed by atoms with Crippen LogP contribution < -0.4 is 0 Å². The Morgan fingerprint density at radius 1 is 1.17 bits per heavy atom. The number of carbonyl (C=O) groups excluding carboxylic acids is 1. The van der Waals surface area contributed by atoms with E-state index in [0.29, 0.717) is 0 Å². The van der Waals surface area contributed by atoms with Crippen LogP contribution in [0, 0.1) is 6.92 Å². The number of esters is 1. The number of benzene rings is 2. The summed E-state index contributed by atoms with van der Waals surface area (Å²) in [4.78, 5) is 11.7. The minimum absolute atomic E-state index is 0.195. The average molecular weight is 309 g/mol. The molecule has 0 spiro atoms. The number of methoxy groups -OCH3 is 1. The van der Waals surface area contributed by atoms with Crippen LogP contribution in [0.3, 0.4) is 0 Å². The lowest BCUT2D eigenvalue weighted by Gasteiger charge is -2.09. The molecule has 0 amide bonds. The molecule has 0 fully saturated rings. The van der Waals surface area contributed by atoms with E-state index < -0.39 is 0 Å². The first-order chi connectivity index (χ1) is 11.1. The third-order valence-corrected chi connectivity index (χ3v) is 4.17. The number of ether oxygens (including phenoxy) is 1. The number of hydrogen-bond donors (Lipinski definition) is 1. The summed E-state index contributed by atoms with van der Waals surface area (Å²) in [6.07, 6.45) is 0.198. The number of aromatic nitrogens is 1. The molecule has 3 rings (SSSR count). The normalized spacial score (nSPS) is 10.9. The number of hydrogen-bond acceptors (Lipinski definition) is 3. The van der Waals surface area contributed by atoms with Crippen molar-refractivity contribution >= 4 is 16.9 Å². The maximum Gasteiger partial charge on any atom is 0.310 e. The van der Waals surface area contributed by atoms with Crippen LogP contribution in [0.1, 0.15) is 16.8 Å². The summed E-state index contributed by atoms with van der Waals surface area (Å²) in [5.74, 6) is -0.0873. The van der Waals surface area contributed by atoms with Crippen molar-refractivity contribution in [2.24, 2.45) is 0 Å². The smallest absolute Gasteiger partial charge is 0.310 e. The molecule has 0 unspecified atom stereocenters. The summed E-state index contributed by atoms with van der Waals surface area (Å²) in [6, 6.07) is 15.4. The first-order valence-electron chi connectivity index (χ1n) is 7.51. The van der Waals surface area contributed by atoms with Crippen LogP contribution >= 0.6 is 0 Å². The minimum atomic E-state index is -0.282. The van der Waals surface area contributed by atoms with Crippen LogP contribution in [0.25, 0.3) is 10.9 Å². The molecule has 0 bridgehead atoms. The van der Waals surface area contributed by atoms with Gasteiger partial charge in [-0.25, -0.2) is 0 Å². The summed E-state index contributed by atoms with van der Waals surface area (Å²) in [7, 11) is 1.39. The van der Waals surface area contributed by atoms with Gasteiger partial charge in [-0.1, -0.05) is 30.3 Å². The molecular formula is C19H19NO3. The van der Waals surface area contributed by atoms with Crippen molar-refractivity contribution in [3.63, 3.8) is 0 Å². The molecule has 118 valence electrons. The van der Waals surface area contributed by atoms with Gasteiger partial charge < -0.3 is 14.4 Å². The Hall–Kier alpha value is -2.75. The van der Waals surface area contributed by atoms with Crippen molar-refractivity contribution in [3.05, 3.63) is 65.4 Å². The predicted octanol–water partition coefficient (Wildman–Crippen LogP) is 3.42. The fourth-order valence-electron chi connectivity index (χ4n) is 2.95. The van der Waals surface area contributed by atoms with Crippen molar-refractivity contribution in [1.82, 2.24) is 4.57 Å². The van der Waals surface area contributed by atoms with Crippen LogP contribution in [0.4, 0.5) is 0 Å². The lowest BCUT2D eigenvalue weighted by atomic mass is 10.1. The van der Waals surface area contributed by atoms with E-state index in [2.05, 4.69) is 16.7 Å². The van der Waals surface area contributed by atoms with Gasteiger partial charge in [-0.3, -0.25) is 4.79 Å². The van der Waals surface area contributed by atoms with E-state index in [1.807, 2.05) is 31.2 Å². The lowest BCUT2D eigenvalue weighted by Crippen LogP contribution is -2.07. The highest BCUT2D eigenvalue weighted by Crippen LogP contribution is 2.30. The predicted molar refractivity (Wildman–Crippen MR) is 89.6 cm³/mol. The number of aromatic hydroxyl groups is 1. The Morgan fingerprint density at radius 2 is 1.91 bits per heavy atom. The number of rotatable bonds is 4. The zero-order valence-corrected chi connectivity index (χ0v) is 13.2. The lowest BCUT2D eigenvalue weighted by molar-refractivity contribution is -0.139. The summed E-state index contributed by atoms with van der Waals surface area (Å²) in [5, 5.41) is 10.7. The molecule has 0 aliphatic heterocycles. The number of phenols is 1. The molecule has 3 aromatic rings. The molecular weight excluding hydrogens is 290 g/mol. The van der Waals surface area contributed by atoms with Crippen LogP contribution in [0.15, 0.2) is 48.5 Å².